The molecule has 8 heteroatoms. The number of ketones is 2. The number of rotatable bonds is 0. The van der Waals surface area contributed by atoms with Crippen molar-refractivity contribution in [3.63, 3.8) is 0 Å². The average molecular weight is 292 g/mol. The molecule has 0 spiro atoms. The summed E-state index contributed by atoms with van der Waals surface area (Å²) in [5, 5.41) is 2.06. The molecule has 0 N–H and O–H groups in total. The predicted molar refractivity (Wildman–Crippen MR) is 82.5 cm³/mol. The number of benzene rings is 2. The van der Waals surface area contributed by atoms with E-state index < -0.39 is 11.6 Å². The van der Waals surface area contributed by atoms with Gasteiger partial charge in [-0.3, -0.25) is 19.4 Å². The molecule has 0 heterocycles. The zero-order valence-corrected chi connectivity index (χ0v) is 11.1. The summed E-state index contributed by atoms with van der Waals surface area (Å²) in [7, 11) is 0. The summed E-state index contributed by atoms with van der Waals surface area (Å²) in [6.45, 7) is 0. The third-order valence-electron chi connectivity index (χ3n) is 2.80. The molecule has 1 aliphatic carbocycles. The van der Waals surface area contributed by atoms with Crippen LogP contribution in [0.5, 0.6) is 0 Å². The van der Waals surface area contributed by atoms with Crippen molar-refractivity contribution in [1.29, 1.82) is 0 Å². The molecule has 0 atom stereocenters. The first-order valence-electron chi connectivity index (χ1n) is 5.85. The normalized spacial score (nSPS) is 11.1. The van der Waals surface area contributed by atoms with E-state index in [-0.39, 0.29) is 0 Å². The van der Waals surface area contributed by atoms with Crippen LogP contribution in [0.1, 0.15) is 15.9 Å². The molecular weight excluding hydrogens is 284 g/mol. The quantitative estimate of drug-likeness (QED) is 0.306. The molecule has 8 nitrogen and oxygen atoms in total. The molecular formula is C14H8N6O2-2. The Kier molecular flexibility index (Phi) is 5.88. The van der Waals surface area contributed by atoms with E-state index in [0.717, 1.165) is 16.3 Å². The fraction of sp³-hybridized carbons (Fsp3) is 0. The summed E-state index contributed by atoms with van der Waals surface area (Å²) in [5.41, 5.74) is 28.3. The van der Waals surface area contributed by atoms with Gasteiger partial charge in [-0.05, 0) is 34.5 Å². The van der Waals surface area contributed by atoms with Crippen LogP contribution < -0.4 is 0 Å². The van der Waals surface area contributed by atoms with Gasteiger partial charge in [-0.25, -0.2) is 0 Å². The number of carbonyl (C=O) groups excluding carboxylic acids is 2. The highest BCUT2D eigenvalue weighted by molar-refractivity contribution is 6.50. The van der Waals surface area contributed by atoms with Crippen molar-refractivity contribution in [3.05, 3.63) is 85.5 Å². The Morgan fingerprint density at radius 2 is 1.27 bits per heavy atom. The van der Waals surface area contributed by atoms with E-state index in [1.807, 2.05) is 30.3 Å². The number of fused-ring (bicyclic) bond motifs is 2. The predicted octanol–water partition coefficient (Wildman–Crippen LogP) is 4.35. The molecule has 108 valence electrons. The first kappa shape index (κ1) is 16.5. The maximum atomic E-state index is 11.7. The van der Waals surface area contributed by atoms with Gasteiger partial charge in [-0.2, -0.15) is 0 Å². The number of carbonyl (C=O) groups is 2. The van der Waals surface area contributed by atoms with Crippen LogP contribution in [0.2, 0.25) is 0 Å². The summed E-state index contributed by atoms with van der Waals surface area (Å²) in [4.78, 5) is 25.9. The van der Waals surface area contributed by atoms with Gasteiger partial charge in [-0.15, -0.1) is 0 Å². The summed E-state index contributed by atoms with van der Waals surface area (Å²) in [6.07, 6.45) is 3.03. The topological polar surface area (TPSA) is 152 Å². The van der Waals surface area contributed by atoms with E-state index in [0.29, 0.717) is 5.56 Å². The van der Waals surface area contributed by atoms with Crippen molar-refractivity contribution >= 4 is 28.4 Å². The van der Waals surface area contributed by atoms with Gasteiger partial charge in [0.05, 0.1) is 0 Å². The lowest BCUT2D eigenvalue weighted by Crippen LogP contribution is -2.15. The fourth-order valence-corrected chi connectivity index (χ4v) is 1.97. The smallest absolute Gasteiger partial charge is 0.233 e. The van der Waals surface area contributed by atoms with Gasteiger partial charge < -0.3 is 22.1 Å². The maximum Gasteiger partial charge on any atom is 0.233 e. The minimum Gasteiger partial charge on any atom is -0.373 e. The van der Waals surface area contributed by atoms with E-state index in [1.165, 1.54) is 15.9 Å². The van der Waals surface area contributed by atoms with Crippen molar-refractivity contribution in [3.8, 4) is 0 Å². The number of Topliss-reactive ketones (excluding diaryl/α,β-unsaturated/α-hetero) is 1. The molecule has 0 aliphatic heterocycles. The summed E-state index contributed by atoms with van der Waals surface area (Å²) in [6, 6.07) is 11.5. The van der Waals surface area contributed by atoms with Crippen LogP contribution in [-0.4, -0.2) is 11.6 Å². The Balaban J connectivity index is 0.000000353. The van der Waals surface area contributed by atoms with Crippen molar-refractivity contribution in [2.75, 3.05) is 0 Å². The van der Waals surface area contributed by atoms with Gasteiger partial charge in [0, 0.05) is 5.56 Å². The highest BCUT2D eigenvalue weighted by Gasteiger charge is 2.20. The highest BCUT2D eigenvalue weighted by Crippen LogP contribution is 2.24. The van der Waals surface area contributed by atoms with Crippen LogP contribution >= 0.6 is 0 Å². The Morgan fingerprint density at radius 3 is 1.82 bits per heavy atom. The van der Waals surface area contributed by atoms with Crippen LogP contribution in [0.3, 0.4) is 0 Å². The maximum absolute atomic E-state index is 11.7. The molecule has 1 aliphatic rings. The first-order chi connectivity index (χ1) is 10.6. The minimum atomic E-state index is -0.442. The largest absolute Gasteiger partial charge is 0.373 e. The molecule has 3 rings (SSSR count). The SMILES string of the molecule is O=C1C=Cc2cc3ccccc3cc2C1=O.[N-]=[N+]=[N-].[N-]=[N+]=[N-]. The van der Waals surface area contributed by atoms with Crippen molar-refractivity contribution in [2.45, 2.75) is 0 Å². The number of nitrogens with zero attached hydrogens (tertiary/aromatic N) is 6. The van der Waals surface area contributed by atoms with Crippen LogP contribution in [0, 0.1) is 0 Å². The van der Waals surface area contributed by atoms with E-state index in [9.17, 15) is 9.59 Å². The number of hydrogen-bond acceptors (Lipinski definition) is 2. The van der Waals surface area contributed by atoms with Gasteiger partial charge >= 0.3 is 0 Å². The molecule has 0 aromatic heterocycles. The third-order valence-corrected chi connectivity index (χ3v) is 2.80. The lowest BCUT2D eigenvalue weighted by molar-refractivity contribution is -0.110. The van der Waals surface area contributed by atoms with E-state index in [2.05, 4.69) is 0 Å². The zero-order chi connectivity index (χ0) is 16.5. The second kappa shape index (κ2) is 7.86. The molecule has 2 aromatic rings. The van der Waals surface area contributed by atoms with Crippen molar-refractivity contribution in [1.82, 2.24) is 0 Å². The minimum absolute atomic E-state index is 0.414. The van der Waals surface area contributed by atoms with E-state index in [4.69, 9.17) is 22.1 Å². The molecule has 22 heavy (non-hydrogen) atoms. The van der Waals surface area contributed by atoms with Gasteiger partial charge in [0.2, 0.25) is 11.6 Å². The molecule has 0 amide bonds. The summed E-state index contributed by atoms with van der Waals surface area (Å²) < 4.78 is 0. The Hall–Kier alpha value is -3.60. The molecule has 0 saturated heterocycles. The third kappa shape index (κ3) is 3.71. The number of hydrogen-bond donors (Lipinski definition) is 0. The lowest BCUT2D eigenvalue weighted by Gasteiger charge is -2.09. The summed E-state index contributed by atoms with van der Waals surface area (Å²) in [5.74, 6) is -0.856. The lowest BCUT2D eigenvalue weighted by atomic mass is 9.92. The second-order valence-corrected chi connectivity index (χ2v) is 3.99. The Labute approximate surface area is 124 Å². The van der Waals surface area contributed by atoms with Crippen LogP contribution in [0.4, 0.5) is 0 Å². The average Bonchev–Trinajstić information content (AvgIpc) is 2.51. The Bertz CT molecular complexity index is 816. The van der Waals surface area contributed by atoms with Crippen LogP contribution in [-0.2, 0) is 4.79 Å². The van der Waals surface area contributed by atoms with Gasteiger partial charge in [-0.1, -0.05) is 30.3 Å². The molecule has 2 aromatic carbocycles. The molecule has 0 radical (unpaired) electrons. The van der Waals surface area contributed by atoms with Gasteiger partial charge in [0.1, 0.15) is 0 Å². The summed E-state index contributed by atoms with van der Waals surface area (Å²) >= 11 is 0. The highest BCUT2D eigenvalue weighted by atomic mass is 16.2. The van der Waals surface area contributed by atoms with Crippen LogP contribution in [0.25, 0.3) is 48.8 Å². The van der Waals surface area contributed by atoms with Crippen molar-refractivity contribution < 1.29 is 9.59 Å². The van der Waals surface area contributed by atoms with Gasteiger partial charge in [0.25, 0.3) is 0 Å². The first-order valence-corrected chi connectivity index (χ1v) is 5.85. The molecule has 0 saturated carbocycles. The second-order valence-electron chi connectivity index (χ2n) is 3.99. The standard InChI is InChI=1S/C14H8O2.2N3/c15-13-6-5-11-7-9-3-1-2-4-10(9)8-12(11)14(13)16;2*1-3-2/h1-8H;;/q;2*-1. The fourth-order valence-electron chi connectivity index (χ4n) is 1.97. The monoisotopic (exact) mass is 292 g/mol. The zero-order valence-electron chi connectivity index (χ0n) is 11.1. The van der Waals surface area contributed by atoms with Crippen molar-refractivity contribution in [2.24, 2.45) is 0 Å². The molecule has 0 fully saturated rings. The van der Waals surface area contributed by atoms with Gasteiger partial charge in [0.15, 0.2) is 0 Å². The van der Waals surface area contributed by atoms with E-state index in [1.54, 1.807) is 12.1 Å². The molecule has 0 bridgehead atoms. The van der Waals surface area contributed by atoms with E-state index >= 15 is 0 Å². The Morgan fingerprint density at radius 1 is 0.773 bits per heavy atom. The molecule has 0 unspecified atom stereocenters. The van der Waals surface area contributed by atoms with Crippen LogP contribution in [0.15, 0.2) is 42.5 Å². The number of allylic oxidation sites excluding steroid dienone is 1.